The monoisotopic (exact) mass is 239 g/mol. The fraction of sp³-hybridized carbons (Fsp3) is 0.923. The maximum Gasteiger partial charge on any atom is 0.221 e. The molecule has 1 heterocycles. The Hall–Kier alpha value is -0.610. The Balaban J connectivity index is 1.73. The molecule has 0 aromatic carbocycles. The summed E-state index contributed by atoms with van der Waals surface area (Å²) in [6.07, 6.45) is 7.20. The van der Waals surface area contributed by atoms with Crippen molar-refractivity contribution in [3.8, 4) is 0 Å². The van der Waals surface area contributed by atoms with Crippen LogP contribution in [0.15, 0.2) is 0 Å². The van der Waals surface area contributed by atoms with E-state index in [2.05, 4.69) is 16.0 Å². The molecule has 0 spiro atoms. The van der Waals surface area contributed by atoms with E-state index in [1.165, 1.54) is 38.6 Å². The summed E-state index contributed by atoms with van der Waals surface area (Å²) in [5.74, 6) is 0.910. The van der Waals surface area contributed by atoms with Crippen molar-refractivity contribution in [2.75, 3.05) is 20.1 Å². The van der Waals surface area contributed by atoms with Crippen LogP contribution in [0, 0.1) is 5.92 Å². The van der Waals surface area contributed by atoms with E-state index in [4.69, 9.17) is 0 Å². The number of carbonyl (C=O) groups is 1. The van der Waals surface area contributed by atoms with Crippen molar-refractivity contribution >= 4 is 5.91 Å². The zero-order chi connectivity index (χ0) is 12.1. The third-order valence-corrected chi connectivity index (χ3v) is 4.22. The lowest BCUT2D eigenvalue weighted by Gasteiger charge is -2.26. The zero-order valence-corrected chi connectivity index (χ0v) is 10.8. The number of rotatable bonds is 5. The Morgan fingerprint density at radius 1 is 1.29 bits per heavy atom. The van der Waals surface area contributed by atoms with Crippen LogP contribution in [-0.4, -0.2) is 38.1 Å². The fourth-order valence-electron chi connectivity index (χ4n) is 3.30. The van der Waals surface area contributed by atoms with E-state index >= 15 is 0 Å². The molecule has 1 saturated carbocycles. The van der Waals surface area contributed by atoms with Crippen molar-refractivity contribution in [2.45, 2.75) is 50.6 Å². The van der Waals surface area contributed by atoms with E-state index in [0.29, 0.717) is 12.5 Å². The summed E-state index contributed by atoms with van der Waals surface area (Å²) < 4.78 is 0. The highest BCUT2D eigenvalue weighted by Gasteiger charge is 2.34. The summed E-state index contributed by atoms with van der Waals surface area (Å²) in [5.41, 5.74) is 0. The predicted molar refractivity (Wildman–Crippen MR) is 68.8 cm³/mol. The summed E-state index contributed by atoms with van der Waals surface area (Å²) >= 11 is 0. The molecule has 2 fully saturated rings. The topological polar surface area (TPSA) is 53.2 Å². The van der Waals surface area contributed by atoms with Gasteiger partial charge in [0.2, 0.25) is 5.91 Å². The summed E-state index contributed by atoms with van der Waals surface area (Å²) in [5, 5.41) is 9.86. The molecule has 0 radical (unpaired) electrons. The third-order valence-electron chi connectivity index (χ3n) is 4.22. The molecule has 2 rings (SSSR count). The minimum absolute atomic E-state index is 0.131. The number of nitrogens with one attached hydrogen (secondary N) is 3. The normalized spacial score (nSPS) is 32.9. The third kappa shape index (κ3) is 3.42. The Kier molecular flexibility index (Phi) is 4.80. The summed E-state index contributed by atoms with van der Waals surface area (Å²) in [6, 6.07) is 1.34. The van der Waals surface area contributed by atoms with Gasteiger partial charge in [-0.05, 0) is 38.1 Å². The van der Waals surface area contributed by atoms with Crippen molar-refractivity contribution in [3.05, 3.63) is 0 Å². The second-order valence-corrected chi connectivity index (χ2v) is 5.28. The number of hydrogen-bond donors (Lipinski definition) is 3. The van der Waals surface area contributed by atoms with Crippen molar-refractivity contribution in [3.63, 3.8) is 0 Å². The standard InChI is InChI=1S/C13H25N3O/c1-14-13(17)7-9-16-11-5-2-4-10(11)12-6-3-8-15-12/h10-12,15-16H,2-9H2,1H3,(H,14,17). The highest BCUT2D eigenvalue weighted by Crippen LogP contribution is 2.31. The highest BCUT2D eigenvalue weighted by atomic mass is 16.1. The van der Waals surface area contributed by atoms with Crippen molar-refractivity contribution in [2.24, 2.45) is 5.92 Å². The maximum atomic E-state index is 11.2. The van der Waals surface area contributed by atoms with Gasteiger partial charge in [-0.25, -0.2) is 0 Å². The first-order valence-electron chi connectivity index (χ1n) is 6.98. The molecule has 3 N–H and O–H groups in total. The number of amides is 1. The Bertz CT molecular complexity index is 251. The molecule has 0 aromatic heterocycles. The minimum Gasteiger partial charge on any atom is -0.359 e. The van der Waals surface area contributed by atoms with Crippen molar-refractivity contribution in [1.82, 2.24) is 16.0 Å². The van der Waals surface area contributed by atoms with Gasteiger partial charge in [0.05, 0.1) is 0 Å². The molecule has 1 aliphatic carbocycles. The van der Waals surface area contributed by atoms with E-state index in [1.54, 1.807) is 7.05 Å². The maximum absolute atomic E-state index is 11.2. The van der Waals surface area contributed by atoms with Crippen LogP contribution in [0.1, 0.15) is 38.5 Å². The Labute approximate surface area is 104 Å². The molecule has 1 saturated heterocycles. The largest absolute Gasteiger partial charge is 0.359 e. The molecule has 4 heteroatoms. The average molecular weight is 239 g/mol. The summed E-state index contributed by atoms with van der Waals surface area (Å²) in [4.78, 5) is 11.2. The van der Waals surface area contributed by atoms with Gasteiger partial charge in [-0.1, -0.05) is 6.42 Å². The van der Waals surface area contributed by atoms with Gasteiger partial charge in [0.1, 0.15) is 0 Å². The van der Waals surface area contributed by atoms with Crippen LogP contribution in [0.25, 0.3) is 0 Å². The van der Waals surface area contributed by atoms with Crippen LogP contribution in [0.4, 0.5) is 0 Å². The van der Waals surface area contributed by atoms with Crippen LogP contribution < -0.4 is 16.0 Å². The SMILES string of the molecule is CNC(=O)CCNC1CCCC1C1CCCN1. The molecule has 4 nitrogen and oxygen atoms in total. The molecule has 98 valence electrons. The molecule has 1 amide bonds. The van der Waals surface area contributed by atoms with E-state index in [1.807, 2.05) is 0 Å². The molecule has 1 aliphatic heterocycles. The zero-order valence-electron chi connectivity index (χ0n) is 10.8. The Morgan fingerprint density at radius 3 is 2.88 bits per heavy atom. The average Bonchev–Trinajstić information content (AvgIpc) is 2.98. The molecule has 17 heavy (non-hydrogen) atoms. The molecule has 3 unspecified atom stereocenters. The van der Waals surface area contributed by atoms with Crippen LogP contribution in [0.2, 0.25) is 0 Å². The molecule has 2 aliphatic rings. The van der Waals surface area contributed by atoms with Gasteiger partial charge in [0, 0.05) is 32.1 Å². The molecule has 0 bridgehead atoms. The van der Waals surface area contributed by atoms with Crippen LogP contribution in [0.3, 0.4) is 0 Å². The lowest BCUT2D eigenvalue weighted by molar-refractivity contribution is -0.120. The van der Waals surface area contributed by atoms with Crippen molar-refractivity contribution < 1.29 is 4.79 Å². The van der Waals surface area contributed by atoms with E-state index in [9.17, 15) is 4.79 Å². The van der Waals surface area contributed by atoms with Crippen LogP contribution >= 0.6 is 0 Å². The molecule has 3 atom stereocenters. The lowest BCUT2D eigenvalue weighted by Crippen LogP contribution is -2.43. The first kappa shape index (κ1) is 12.8. The smallest absolute Gasteiger partial charge is 0.221 e. The van der Waals surface area contributed by atoms with Crippen molar-refractivity contribution in [1.29, 1.82) is 0 Å². The Morgan fingerprint density at radius 2 is 2.18 bits per heavy atom. The van der Waals surface area contributed by atoms with Crippen LogP contribution in [0.5, 0.6) is 0 Å². The number of hydrogen-bond acceptors (Lipinski definition) is 3. The summed E-state index contributed by atoms with van der Waals surface area (Å²) in [7, 11) is 1.70. The predicted octanol–water partition coefficient (Wildman–Crippen LogP) is 0.633. The van der Waals surface area contributed by atoms with E-state index < -0.39 is 0 Å². The molecular formula is C13H25N3O. The fourth-order valence-corrected chi connectivity index (χ4v) is 3.30. The van der Waals surface area contributed by atoms with E-state index in [-0.39, 0.29) is 5.91 Å². The van der Waals surface area contributed by atoms with Crippen LogP contribution in [-0.2, 0) is 4.79 Å². The minimum atomic E-state index is 0.131. The molecule has 0 aromatic rings. The van der Waals surface area contributed by atoms with Gasteiger partial charge in [-0.2, -0.15) is 0 Å². The van der Waals surface area contributed by atoms with E-state index in [0.717, 1.165) is 18.5 Å². The highest BCUT2D eigenvalue weighted by molar-refractivity contribution is 5.75. The van der Waals surface area contributed by atoms with Gasteiger partial charge >= 0.3 is 0 Å². The van der Waals surface area contributed by atoms with Gasteiger partial charge in [0.15, 0.2) is 0 Å². The first-order chi connectivity index (χ1) is 8.31. The first-order valence-corrected chi connectivity index (χ1v) is 6.98. The second-order valence-electron chi connectivity index (χ2n) is 5.28. The molecular weight excluding hydrogens is 214 g/mol. The lowest BCUT2D eigenvalue weighted by atomic mass is 9.93. The second kappa shape index (κ2) is 6.36. The van der Waals surface area contributed by atoms with Gasteiger partial charge in [-0.15, -0.1) is 0 Å². The van der Waals surface area contributed by atoms with Gasteiger partial charge in [-0.3, -0.25) is 4.79 Å². The number of carbonyl (C=O) groups excluding carboxylic acids is 1. The quantitative estimate of drug-likeness (QED) is 0.660. The summed E-state index contributed by atoms with van der Waals surface area (Å²) in [6.45, 7) is 2.00. The van der Waals surface area contributed by atoms with Gasteiger partial charge in [0.25, 0.3) is 0 Å². The van der Waals surface area contributed by atoms with Gasteiger partial charge < -0.3 is 16.0 Å².